The smallest absolute Gasteiger partial charge is 0.235 e. The summed E-state index contributed by atoms with van der Waals surface area (Å²) in [6.07, 6.45) is 2.39. The van der Waals surface area contributed by atoms with Gasteiger partial charge < -0.3 is 9.84 Å². The number of carbonyl (C=O) groups is 1. The van der Waals surface area contributed by atoms with Crippen LogP contribution >= 0.6 is 11.8 Å². The number of nitrogens with zero attached hydrogens (tertiary/aromatic N) is 2. The largest absolute Gasteiger partial charge is 0.508 e. The standard InChI is InChI=1S/C18H21N3O3S/c1-24-17-9-5-14(6-10-17)11-20-21(18(25-2)19-13-22)12-15-3-7-16(23)8-4-15/h3-10,13,20,23H,11-12H2,1-2H3/b19-18+. The zero-order valence-electron chi connectivity index (χ0n) is 14.2. The molecule has 2 rings (SSSR count). The lowest BCUT2D eigenvalue weighted by atomic mass is 10.2. The summed E-state index contributed by atoms with van der Waals surface area (Å²) in [4.78, 5) is 14.7. The maximum Gasteiger partial charge on any atom is 0.235 e. The lowest BCUT2D eigenvalue weighted by Gasteiger charge is -2.25. The Morgan fingerprint density at radius 1 is 1.20 bits per heavy atom. The number of methoxy groups -OCH3 is 1. The minimum absolute atomic E-state index is 0.216. The zero-order valence-corrected chi connectivity index (χ0v) is 15.0. The molecule has 0 fully saturated rings. The van der Waals surface area contributed by atoms with E-state index in [0.29, 0.717) is 24.7 Å². The molecule has 0 spiro atoms. The van der Waals surface area contributed by atoms with E-state index in [4.69, 9.17) is 4.74 Å². The van der Waals surface area contributed by atoms with Gasteiger partial charge in [0.1, 0.15) is 11.5 Å². The molecule has 0 saturated carbocycles. The van der Waals surface area contributed by atoms with Gasteiger partial charge in [0.15, 0.2) is 5.17 Å². The van der Waals surface area contributed by atoms with Gasteiger partial charge in [-0.15, -0.1) is 0 Å². The molecule has 0 radical (unpaired) electrons. The van der Waals surface area contributed by atoms with Crippen molar-refractivity contribution in [3.05, 3.63) is 59.7 Å². The number of rotatable bonds is 7. The number of nitrogens with one attached hydrogen (secondary N) is 1. The van der Waals surface area contributed by atoms with Gasteiger partial charge in [0.2, 0.25) is 6.41 Å². The number of aromatic hydroxyl groups is 1. The van der Waals surface area contributed by atoms with E-state index in [0.717, 1.165) is 16.9 Å². The third-order valence-electron chi connectivity index (χ3n) is 3.49. The van der Waals surface area contributed by atoms with Gasteiger partial charge in [-0.1, -0.05) is 36.0 Å². The maximum atomic E-state index is 10.8. The van der Waals surface area contributed by atoms with Crippen molar-refractivity contribution in [2.75, 3.05) is 13.4 Å². The number of phenols is 1. The fourth-order valence-corrected chi connectivity index (χ4v) is 2.68. The Labute approximate surface area is 151 Å². The molecular weight excluding hydrogens is 338 g/mol. The predicted molar refractivity (Wildman–Crippen MR) is 100 cm³/mol. The molecule has 0 aliphatic carbocycles. The van der Waals surface area contributed by atoms with Gasteiger partial charge in [-0.25, -0.2) is 5.43 Å². The highest BCUT2D eigenvalue weighted by molar-refractivity contribution is 8.13. The Hall–Kier alpha value is -2.51. The summed E-state index contributed by atoms with van der Waals surface area (Å²) < 4.78 is 5.16. The quantitative estimate of drug-likeness (QED) is 0.343. The van der Waals surface area contributed by atoms with Crippen molar-refractivity contribution in [1.82, 2.24) is 10.4 Å². The fourth-order valence-electron chi connectivity index (χ4n) is 2.18. The molecule has 0 bridgehead atoms. The molecule has 1 amide bonds. The van der Waals surface area contributed by atoms with Crippen LogP contribution < -0.4 is 10.2 Å². The van der Waals surface area contributed by atoms with E-state index in [-0.39, 0.29) is 5.75 Å². The molecule has 2 aromatic rings. The third-order valence-corrected chi connectivity index (χ3v) is 4.18. The maximum absolute atomic E-state index is 10.8. The number of ether oxygens (including phenoxy) is 1. The number of aliphatic imine (C=N–C) groups is 1. The van der Waals surface area contributed by atoms with Crippen molar-refractivity contribution in [2.45, 2.75) is 13.1 Å². The molecule has 132 valence electrons. The first-order chi connectivity index (χ1) is 12.2. The van der Waals surface area contributed by atoms with E-state index in [1.165, 1.54) is 11.8 Å². The van der Waals surface area contributed by atoms with E-state index in [1.54, 1.807) is 19.2 Å². The predicted octanol–water partition coefficient (Wildman–Crippen LogP) is 2.78. The average molecular weight is 359 g/mol. The molecule has 0 aliphatic heterocycles. The number of hydrogen-bond acceptors (Lipinski definition) is 5. The molecule has 25 heavy (non-hydrogen) atoms. The molecule has 0 atom stereocenters. The molecule has 0 aromatic heterocycles. The van der Waals surface area contributed by atoms with Crippen molar-refractivity contribution in [3.8, 4) is 11.5 Å². The topological polar surface area (TPSA) is 74.2 Å². The van der Waals surface area contributed by atoms with Gasteiger partial charge in [-0.3, -0.25) is 9.80 Å². The van der Waals surface area contributed by atoms with E-state index in [2.05, 4.69) is 10.4 Å². The number of amidine groups is 1. The van der Waals surface area contributed by atoms with Gasteiger partial charge in [-0.2, -0.15) is 4.99 Å². The van der Waals surface area contributed by atoms with Crippen LogP contribution in [0.15, 0.2) is 53.5 Å². The number of hydrogen-bond donors (Lipinski definition) is 2. The number of amides is 1. The van der Waals surface area contributed by atoms with Crippen LogP contribution in [0.25, 0.3) is 0 Å². The van der Waals surface area contributed by atoms with Crippen LogP contribution in [0.3, 0.4) is 0 Å². The summed E-state index contributed by atoms with van der Waals surface area (Å²) in [5.74, 6) is 1.02. The minimum Gasteiger partial charge on any atom is -0.508 e. The second-order valence-electron chi connectivity index (χ2n) is 5.16. The monoisotopic (exact) mass is 359 g/mol. The lowest BCUT2D eigenvalue weighted by molar-refractivity contribution is -0.106. The summed E-state index contributed by atoms with van der Waals surface area (Å²) >= 11 is 1.38. The molecule has 0 unspecified atom stereocenters. The highest BCUT2D eigenvalue weighted by Gasteiger charge is 2.11. The van der Waals surface area contributed by atoms with E-state index < -0.39 is 0 Å². The minimum atomic E-state index is 0.216. The first-order valence-corrected chi connectivity index (χ1v) is 8.86. The van der Waals surface area contributed by atoms with Crippen LogP contribution in [-0.4, -0.2) is 35.1 Å². The Balaban J connectivity index is 2.11. The summed E-state index contributed by atoms with van der Waals surface area (Å²) in [5.41, 5.74) is 5.34. The molecule has 7 heteroatoms. The summed E-state index contributed by atoms with van der Waals surface area (Å²) in [5, 5.41) is 11.8. The van der Waals surface area contributed by atoms with Crippen molar-refractivity contribution >= 4 is 23.3 Å². The van der Waals surface area contributed by atoms with Gasteiger partial charge in [0, 0.05) is 6.54 Å². The van der Waals surface area contributed by atoms with Crippen molar-refractivity contribution in [1.29, 1.82) is 0 Å². The van der Waals surface area contributed by atoms with Crippen molar-refractivity contribution < 1.29 is 14.6 Å². The normalized spacial score (nSPS) is 11.2. The first-order valence-electron chi connectivity index (χ1n) is 7.63. The Morgan fingerprint density at radius 2 is 1.84 bits per heavy atom. The molecular formula is C18H21N3O3S. The number of phenolic OH excluding ortho intramolecular Hbond substituents is 1. The second-order valence-corrected chi connectivity index (χ2v) is 5.93. The average Bonchev–Trinajstić information content (AvgIpc) is 2.65. The van der Waals surface area contributed by atoms with Crippen molar-refractivity contribution in [3.63, 3.8) is 0 Å². The Bertz CT molecular complexity index is 703. The number of hydrazine groups is 1. The van der Waals surface area contributed by atoms with E-state index >= 15 is 0 Å². The van der Waals surface area contributed by atoms with Crippen LogP contribution in [-0.2, 0) is 17.9 Å². The van der Waals surface area contributed by atoms with Crippen LogP contribution in [0.1, 0.15) is 11.1 Å². The highest BCUT2D eigenvalue weighted by Crippen LogP contribution is 2.15. The Morgan fingerprint density at radius 3 is 2.40 bits per heavy atom. The number of benzene rings is 2. The van der Waals surface area contributed by atoms with E-state index in [1.807, 2.05) is 47.7 Å². The van der Waals surface area contributed by atoms with Crippen LogP contribution in [0.4, 0.5) is 0 Å². The first kappa shape index (κ1) is 18.8. The highest BCUT2D eigenvalue weighted by atomic mass is 32.2. The molecule has 0 heterocycles. The number of thioether (sulfide) groups is 1. The zero-order chi connectivity index (χ0) is 18.1. The van der Waals surface area contributed by atoms with Gasteiger partial charge in [0.05, 0.1) is 13.7 Å². The van der Waals surface area contributed by atoms with Crippen LogP contribution in [0, 0.1) is 0 Å². The van der Waals surface area contributed by atoms with Gasteiger partial charge in [0.25, 0.3) is 0 Å². The summed E-state index contributed by atoms with van der Waals surface area (Å²) in [7, 11) is 1.63. The second kappa shape index (κ2) is 9.71. The summed E-state index contributed by atoms with van der Waals surface area (Å²) in [6, 6.07) is 14.7. The molecule has 6 nitrogen and oxygen atoms in total. The van der Waals surface area contributed by atoms with Crippen LogP contribution in [0.2, 0.25) is 0 Å². The number of carbonyl (C=O) groups excluding carboxylic acids is 1. The molecule has 2 aromatic carbocycles. The Kier molecular flexibility index (Phi) is 7.31. The van der Waals surface area contributed by atoms with E-state index in [9.17, 15) is 9.90 Å². The SMILES string of the molecule is COc1ccc(CNN(Cc2ccc(O)cc2)/C(=N\C=O)SC)cc1. The fraction of sp³-hybridized carbons (Fsp3) is 0.222. The van der Waals surface area contributed by atoms with Gasteiger partial charge in [-0.05, 0) is 41.6 Å². The molecule has 0 saturated heterocycles. The lowest BCUT2D eigenvalue weighted by Crippen LogP contribution is -2.40. The van der Waals surface area contributed by atoms with Crippen LogP contribution in [0.5, 0.6) is 11.5 Å². The summed E-state index contributed by atoms with van der Waals surface area (Å²) in [6.45, 7) is 1.07. The third kappa shape index (κ3) is 5.81. The van der Waals surface area contributed by atoms with Crippen molar-refractivity contribution in [2.24, 2.45) is 4.99 Å². The molecule has 2 N–H and O–H groups in total. The molecule has 0 aliphatic rings. The van der Waals surface area contributed by atoms with Gasteiger partial charge >= 0.3 is 0 Å².